The molecule has 9 N–H and O–H groups in total. The number of hydrogen-bond donors (Lipinski definition) is 7. The molecule has 0 saturated heterocycles. The monoisotopic (exact) mass is 684 g/mol. The Balaban J connectivity index is 3.27. The van der Waals surface area contributed by atoms with Crippen LogP contribution in [0.25, 0.3) is 0 Å². The third kappa shape index (κ3) is 17.5. The first-order valence-corrected chi connectivity index (χ1v) is 16.9. The Hall–Kier alpha value is -4.01. The molecule has 0 radical (unpaired) electrons. The van der Waals surface area contributed by atoms with Gasteiger partial charge in [0.05, 0.1) is 6.54 Å². The molecule has 6 amide bonds. The molecule has 47 heavy (non-hydrogen) atoms. The molecule has 0 unspecified atom stereocenters. The molecule has 17 heteroatoms. The molecule has 0 bridgehead atoms. The Morgan fingerprint density at radius 3 is 1.98 bits per heavy atom. The summed E-state index contributed by atoms with van der Waals surface area (Å²) in [7, 11) is -4.79. The number of hydrogen-bond acceptors (Lipinski definition) is 8. The number of benzene rings is 1. The van der Waals surface area contributed by atoms with Crippen molar-refractivity contribution in [3.05, 3.63) is 29.8 Å². The lowest BCUT2D eigenvalue weighted by Gasteiger charge is -2.29. The van der Waals surface area contributed by atoms with E-state index in [1.807, 2.05) is 27.7 Å². The van der Waals surface area contributed by atoms with Crippen molar-refractivity contribution in [1.82, 2.24) is 20.9 Å². The topological polar surface area (TPSA) is 261 Å². The minimum absolute atomic E-state index is 0.0486. The average Bonchev–Trinajstić information content (AvgIpc) is 2.92. The molecule has 264 valence electrons. The number of carbonyl (C=O) groups excluding carboxylic acids is 6. The van der Waals surface area contributed by atoms with Gasteiger partial charge in [0.2, 0.25) is 35.4 Å². The molecule has 0 aliphatic rings. The van der Waals surface area contributed by atoms with Crippen LogP contribution in [0.5, 0.6) is 5.75 Å². The molecule has 0 saturated carbocycles. The number of nitrogens with two attached hydrogens (primary N) is 2. The van der Waals surface area contributed by atoms with E-state index in [0.717, 1.165) is 6.42 Å². The van der Waals surface area contributed by atoms with Crippen molar-refractivity contribution in [1.29, 1.82) is 0 Å². The fraction of sp³-hybridized carbons (Fsp3) is 0.600. The number of phosphoric ester groups is 1. The van der Waals surface area contributed by atoms with Crippen molar-refractivity contribution in [2.24, 2.45) is 23.3 Å². The number of amides is 6. The average molecular weight is 685 g/mol. The van der Waals surface area contributed by atoms with Crippen LogP contribution in [0, 0.1) is 11.8 Å². The molecular formula is C30H49N6O10P. The van der Waals surface area contributed by atoms with Crippen LogP contribution in [-0.2, 0) is 39.8 Å². The van der Waals surface area contributed by atoms with Crippen LogP contribution in [0.15, 0.2) is 24.3 Å². The highest BCUT2D eigenvalue weighted by Gasteiger charge is 2.31. The van der Waals surface area contributed by atoms with E-state index in [9.17, 15) is 33.3 Å². The van der Waals surface area contributed by atoms with Crippen molar-refractivity contribution in [2.75, 3.05) is 13.1 Å². The number of rotatable bonds is 21. The summed E-state index contributed by atoms with van der Waals surface area (Å²) in [6, 6.07) is 1.99. The fourth-order valence-electron chi connectivity index (χ4n) is 4.64. The Morgan fingerprint density at radius 2 is 1.49 bits per heavy atom. The summed E-state index contributed by atoms with van der Waals surface area (Å²) in [6.45, 7) is 8.61. The zero-order chi connectivity index (χ0) is 35.9. The summed E-state index contributed by atoms with van der Waals surface area (Å²) in [5.41, 5.74) is 11.3. The van der Waals surface area contributed by atoms with Gasteiger partial charge in [-0.15, -0.1) is 0 Å². The summed E-state index contributed by atoms with van der Waals surface area (Å²) in [5, 5.41) is 7.68. The highest BCUT2D eigenvalue weighted by Crippen LogP contribution is 2.37. The van der Waals surface area contributed by atoms with E-state index in [4.69, 9.17) is 21.3 Å². The number of phosphoric acid groups is 1. The van der Waals surface area contributed by atoms with Gasteiger partial charge in [-0.05, 0) is 55.2 Å². The van der Waals surface area contributed by atoms with Crippen molar-refractivity contribution in [3.63, 3.8) is 0 Å². The van der Waals surface area contributed by atoms with Gasteiger partial charge in [0.25, 0.3) is 0 Å². The molecule has 0 fully saturated rings. The number of nitrogens with zero attached hydrogens (tertiary/aromatic N) is 1. The lowest BCUT2D eigenvalue weighted by atomic mass is 10.0. The lowest BCUT2D eigenvalue weighted by Crippen LogP contribution is -2.56. The molecule has 0 heterocycles. The normalized spacial score (nSPS) is 13.3. The van der Waals surface area contributed by atoms with Crippen molar-refractivity contribution < 1.29 is 47.6 Å². The van der Waals surface area contributed by atoms with Gasteiger partial charge in [0.15, 0.2) is 0 Å². The number of nitrogens with one attached hydrogen (secondary N) is 3. The second-order valence-electron chi connectivity index (χ2n) is 12.2. The van der Waals surface area contributed by atoms with E-state index in [2.05, 4.69) is 20.5 Å². The van der Waals surface area contributed by atoms with E-state index in [1.54, 1.807) is 0 Å². The van der Waals surface area contributed by atoms with E-state index in [1.165, 1.54) is 36.1 Å². The summed E-state index contributed by atoms with van der Waals surface area (Å²) in [5.74, 6) is -3.83. The van der Waals surface area contributed by atoms with Crippen LogP contribution >= 0.6 is 7.82 Å². The maximum absolute atomic E-state index is 13.9. The van der Waals surface area contributed by atoms with Crippen molar-refractivity contribution in [3.8, 4) is 5.75 Å². The van der Waals surface area contributed by atoms with Crippen LogP contribution < -0.4 is 31.9 Å². The van der Waals surface area contributed by atoms with Crippen LogP contribution in [-0.4, -0.2) is 81.3 Å². The third-order valence-corrected chi connectivity index (χ3v) is 7.27. The second kappa shape index (κ2) is 19.6. The first kappa shape index (κ1) is 41.0. The van der Waals surface area contributed by atoms with E-state index < -0.39 is 67.9 Å². The molecule has 0 aliphatic heterocycles. The fourth-order valence-corrected chi connectivity index (χ4v) is 5.04. The third-order valence-electron chi connectivity index (χ3n) is 6.82. The zero-order valence-electron chi connectivity index (χ0n) is 27.6. The predicted octanol–water partition coefficient (Wildman–Crippen LogP) is 0.237. The van der Waals surface area contributed by atoms with Crippen LogP contribution in [0.3, 0.4) is 0 Å². The molecule has 1 rings (SSSR count). The standard InChI is InChI=1S/C30H49N6O10P/c1-18(2)7-6-14-36(17-27(39)34-24(28(32)40)15-19(3)4)30(42)23(12-13-26(31)38)35-29(41)25(33-20(5)37)16-21-8-10-22(11-9-21)46-47(43,44)45/h8-11,18-19,23-25H,6-7,12-17H2,1-5H3,(H2,31,38)(H2,32,40)(H,33,37)(H,34,39)(H,35,41)(H2,43,44,45)/t23-,24-,25-/m0/s1. The quantitative estimate of drug-likeness (QED) is 0.0868. The Morgan fingerprint density at radius 1 is 0.872 bits per heavy atom. The molecular weight excluding hydrogens is 635 g/mol. The van der Waals surface area contributed by atoms with Gasteiger partial charge in [-0.3, -0.25) is 38.6 Å². The molecule has 0 spiro atoms. The van der Waals surface area contributed by atoms with Gasteiger partial charge in [0.1, 0.15) is 23.9 Å². The molecule has 16 nitrogen and oxygen atoms in total. The lowest BCUT2D eigenvalue weighted by molar-refractivity contribution is -0.141. The Kier molecular flexibility index (Phi) is 17.1. The van der Waals surface area contributed by atoms with E-state index in [-0.39, 0.29) is 37.5 Å². The number of primary amides is 2. The summed E-state index contributed by atoms with van der Waals surface area (Å²) in [4.78, 5) is 95.2. The Labute approximate surface area is 274 Å². The molecule has 1 aromatic rings. The minimum atomic E-state index is -4.79. The first-order valence-electron chi connectivity index (χ1n) is 15.3. The van der Waals surface area contributed by atoms with Gasteiger partial charge in [-0.2, -0.15) is 0 Å². The van der Waals surface area contributed by atoms with Crippen LogP contribution in [0.2, 0.25) is 0 Å². The summed E-state index contributed by atoms with van der Waals surface area (Å²) < 4.78 is 15.6. The maximum atomic E-state index is 13.9. The van der Waals surface area contributed by atoms with Gasteiger partial charge in [-0.25, -0.2) is 4.57 Å². The number of carbonyl (C=O) groups is 6. The van der Waals surface area contributed by atoms with Gasteiger partial charge in [0, 0.05) is 26.3 Å². The molecule has 1 aromatic carbocycles. The maximum Gasteiger partial charge on any atom is 0.524 e. The zero-order valence-corrected chi connectivity index (χ0v) is 28.5. The van der Waals surface area contributed by atoms with Crippen LogP contribution in [0.1, 0.15) is 72.3 Å². The van der Waals surface area contributed by atoms with Crippen molar-refractivity contribution in [2.45, 2.75) is 91.3 Å². The highest BCUT2D eigenvalue weighted by atomic mass is 31.2. The van der Waals surface area contributed by atoms with Crippen molar-refractivity contribution >= 4 is 43.3 Å². The SMILES string of the molecule is CC(=O)N[C@@H](Cc1ccc(OP(=O)(O)O)cc1)C(=O)N[C@@H](CCC(N)=O)C(=O)N(CCCC(C)C)CC(=O)N[C@@H](CC(C)C)C(N)=O. The molecule has 3 atom stereocenters. The smallest absolute Gasteiger partial charge is 0.404 e. The van der Waals surface area contributed by atoms with Crippen LogP contribution in [0.4, 0.5) is 0 Å². The highest BCUT2D eigenvalue weighted by molar-refractivity contribution is 7.46. The summed E-state index contributed by atoms with van der Waals surface area (Å²) >= 11 is 0. The Bertz CT molecular complexity index is 1280. The van der Waals surface area contributed by atoms with E-state index in [0.29, 0.717) is 24.3 Å². The minimum Gasteiger partial charge on any atom is -0.404 e. The summed E-state index contributed by atoms with van der Waals surface area (Å²) in [6.07, 6.45) is 0.998. The van der Waals surface area contributed by atoms with E-state index >= 15 is 0 Å². The molecule has 0 aliphatic carbocycles. The predicted molar refractivity (Wildman–Crippen MR) is 172 cm³/mol. The van der Waals surface area contributed by atoms with Gasteiger partial charge < -0.3 is 36.8 Å². The first-order chi connectivity index (χ1) is 21.8. The van der Waals surface area contributed by atoms with Gasteiger partial charge >= 0.3 is 7.82 Å². The largest absolute Gasteiger partial charge is 0.524 e. The van der Waals surface area contributed by atoms with Gasteiger partial charge in [-0.1, -0.05) is 39.8 Å². The second-order valence-corrected chi connectivity index (χ2v) is 13.4. The molecule has 0 aromatic heterocycles.